The number of ether oxygens (including phenoxy) is 1. The fourth-order valence-electron chi connectivity index (χ4n) is 2.00. The minimum Gasteiger partial charge on any atom is -0.372 e. The molecule has 2 aromatic carbocycles. The molecule has 0 radical (unpaired) electrons. The van der Waals surface area contributed by atoms with E-state index in [1.165, 1.54) is 23.3 Å². The zero-order valence-corrected chi connectivity index (χ0v) is 11.6. The maximum absolute atomic E-state index is 10.6. The molecule has 0 saturated carbocycles. The van der Waals surface area contributed by atoms with E-state index in [-0.39, 0.29) is 5.69 Å². The highest BCUT2D eigenvalue weighted by atomic mass is 16.6. The van der Waals surface area contributed by atoms with Crippen LogP contribution in [0.15, 0.2) is 42.5 Å². The minimum absolute atomic E-state index is 0.100. The Labute approximate surface area is 118 Å². The summed E-state index contributed by atoms with van der Waals surface area (Å²) in [6.07, 6.45) is 0. The third-order valence-electron chi connectivity index (χ3n) is 3.17. The van der Waals surface area contributed by atoms with E-state index in [0.29, 0.717) is 13.2 Å². The lowest BCUT2D eigenvalue weighted by Crippen LogP contribution is -1.97. The van der Waals surface area contributed by atoms with E-state index in [1.54, 1.807) is 12.1 Å². The largest absolute Gasteiger partial charge is 0.372 e. The summed E-state index contributed by atoms with van der Waals surface area (Å²) < 4.78 is 5.66. The number of nitro benzene ring substituents is 1. The van der Waals surface area contributed by atoms with Crippen molar-refractivity contribution in [2.45, 2.75) is 27.1 Å². The van der Waals surface area contributed by atoms with E-state index in [4.69, 9.17) is 4.74 Å². The number of rotatable bonds is 5. The molecule has 0 aliphatic carbocycles. The third kappa shape index (κ3) is 3.65. The van der Waals surface area contributed by atoms with Crippen molar-refractivity contribution < 1.29 is 9.66 Å². The molecule has 20 heavy (non-hydrogen) atoms. The van der Waals surface area contributed by atoms with Crippen LogP contribution in [0.25, 0.3) is 0 Å². The normalized spacial score (nSPS) is 10.5. The van der Waals surface area contributed by atoms with Crippen LogP contribution in [0, 0.1) is 24.0 Å². The Balaban J connectivity index is 1.91. The summed E-state index contributed by atoms with van der Waals surface area (Å²) >= 11 is 0. The Morgan fingerprint density at radius 1 is 1.05 bits per heavy atom. The molecule has 4 nitrogen and oxygen atoms in total. The van der Waals surface area contributed by atoms with Gasteiger partial charge in [0.1, 0.15) is 0 Å². The summed E-state index contributed by atoms with van der Waals surface area (Å²) in [5, 5.41) is 10.6. The van der Waals surface area contributed by atoms with Crippen LogP contribution in [0.3, 0.4) is 0 Å². The zero-order chi connectivity index (χ0) is 14.5. The van der Waals surface area contributed by atoms with Gasteiger partial charge < -0.3 is 4.74 Å². The van der Waals surface area contributed by atoms with Crippen molar-refractivity contribution in [3.05, 3.63) is 74.8 Å². The summed E-state index contributed by atoms with van der Waals surface area (Å²) in [5.74, 6) is 0. The molecule has 0 fully saturated rings. The Bertz CT molecular complexity index is 606. The quantitative estimate of drug-likeness (QED) is 0.611. The molecular formula is C16H17NO3. The minimum atomic E-state index is -0.402. The Morgan fingerprint density at radius 3 is 2.35 bits per heavy atom. The highest BCUT2D eigenvalue weighted by Crippen LogP contribution is 2.15. The molecule has 0 atom stereocenters. The molecule has 4 heteroatoms. The van der Waals surface area contributed by atoms with Crippen LogP contribution in [0.4, 0.5) is 5.69 Å². The molecule has 2 rings (SSSR count). The molecule has 104 valence electrons. The Kier molecular flexibility index (Phi) is 4.48. The molecule has 0 unspecified atom stereocenters. The van der Waals surface area contributed by atoms with Gasteiger partial charge >= 0.3 is 0 Å². The van der Waals surface area contributed by atoms with Gasteiger partial charge in [0, 0.05) is 12.1 Å². The number of nitro groups is 1. The summed E-state index contributed by atoms with van der Waals surface area (Å²) in [7, 11) is 0. The highest BCUT2D eigenvalue weighted by molar-refractivity contribution is 5.33. The lowest BCUT2D eigenvalue weighted by Gasteiger charge is -2.08. The van der Waals surface area contributed by atoms with E-state index in [0.717, 1.165) is 11.1 Å². The summed E-state index contributed by atoms with van der Waals surface area (Å²) in [6.45, 7) is 5.13. The number of hydrogen-bond acceptors (Lipinski definition) is 3. The van der Waals surface area contributed by atoms with Gasteiger partial charge in [-0.2, -0.15) is 0 Å². The number of non-ortho nitro benzene ring substituents is 1. The van der Waals surface area contributed by atoms with Crippen molar-refractivity contribution in [1.82, 2.24) is 0 Å². The van der Waals surface area contributed by atoms with Crippen molar-refractivity contribution in [1.29, 1.82) is 0 Å². The summed E-state index contributed by atoms with van der Waals surface area (Å²) in [5.41, 5.74) is 4.65. The topological polar surface area (TPSA) is 52.4 Å². The van der Waals surface area contributed by atoms with Gasteiger partial charge in [-0.15, -0.1) is 0 Å². The van der Waals surface area contributed by atoms with Gasteiger partial charge in [0.15, 0.2) is 0 Å². The van der Waals surface area contributed by atoms with Crippen LogP contribution in [-0.2, 0) is 18.0 Å². The van der Waals surface area contributed by atoms with Crippen LogP contribution in [0.2, 0.25) is 0 Å². The molecule has 0 aromatic heterocycles. The number of hydrogen-bond donors (Lipinski definition) is 0. The highest BCUT2D eigenvalue weighted by Gasteiger charge is 2.04. The second-order valence-electron chi connectivity index (χ2n) is 4.85. The van der Waals surface area contributed by atoms with Gasteiger partial charge in [0.25, 0.3) is 5.69 Å². The fraction of sp³-hybridized carbons (Fsp3) is 0.250. The van der Waals surface area contributed by atoms with Gasteiger partial charge in [-0.25, -0.2) is 0 Å². The Morgan fingerprint density at radius 2 is 1.75 bits per heavy atom. The average molecular weight is 271 g/mol. The van der Waals surface area contributed by atoms with Gasteiger partial charge in [-0.1, -0.05) is 23.8 Å². The van der Waals surface area contributed by atoms with E-state index >= 15 is 0 Å². The van der Waals surface area contributed by atoms with Crippen LogP contribution < -0.4 is 0 Å². The Hall–Kier alpha value is -2.20. The maximum Gasteiger partial charge on any atom is 0.269 e. The SMILES string of the molecule is Cc1ccc(COCc2ccc([N+](=O)[O-])cc2)c(C)c1. The second-order valence-corrected chi connectivity index (χ2v) is 4.85. The molecule has 0 amide bonds. The third-order valence-corrected chi connectivity index (χ3v) is 3.17. The average Bonchev–Trinajstić information content (AvgIpc) is 2.42. The zero-order valence-electron chi connectivity index (χ0n) is 11.6. The van der Waals surface area contributed by atoms with Crippen LogP contribution in [0.1, 0.15) is 22.3 Å². The van der Waals surface area contributed by atoms with Crippen molar-refractivity contribution >= 4 is 5.69 Å². The van der Waals surface area contributed by atoms with Gasteiger partial charge in [-0.3, -0.25) is 10.1 Å². The predicted molar refractivity (Wildman–Crippen MR) is 77.5 cm³/mol. The first-order valence-corrected chi connectivity index (χ1v) is 6.43. The first-order chi connectivity index (χ1) is 9.56. The summed E-state index contributed by atoms with van der Waals surface area (Å²) in [4.78, 5) is 10.1. The maximum atomic E-state index is 10.6. The monoisotopic (exact) mass is 271 g/mol. The lowest BCUT2D eigenvalue weighted by atomic mass is 10.1. The smallest absolute Gasteiger partial charge is 0.269 e. The van der Waals surface area contributed by atoms with E-state index < -0.39 is 4.92 Å². The van der Waals surface area contributed by atoms with Crippen LogP contribution in [0.5, 0.6) is 0 Å². The van der Waals surface area contributed by atoms with Crippen molar-refractivity contribution in [3.8, 4) is 0 Å². The molecular weight excluding hydrogens is 254 g/mol. The fourth-order valence-corrected chi connectivity index (χ4v) is 2.00. The molecule has 0 bridgehead atoms. The van der Waals surface area contributed by atoms with E-state index in [1.807, 2.05) is 0 Å². The van der Waals surface area contributed by atoms with Crippen molar-refractivity contribution in [2.75, 3.05) is 0 Å². The second kappa shape index (κ2) is 6.30. The number of benzene rings is 2. The standard InChI is InChI=1S/C16H17NO3/c1-12-3-6-15(13(2)9-12)11-20-10-14-4-7-16(8-5-14)17(18)19/h3-9H,10-11H2,1-2H3. The summed E-state index contributed by atoms with van der Waals surface area (Å²) in [6, 6.07) is 12.7. The van der Waals surface area contributed by atoms with Crippen molar-refractivity contribution in [3.63, 3.8) is 0 Å². The predicted octanol–water partition coefficient (Wildman–Crippen LogP) is 3.93. The number of aryl methyl sites for hydroxylation is 2. The molecule has 0 aliphatic rings. The molecule has 0 aliphatic heterocycles. The van der Waals surface area contributed by atoms with Crippen LogP contribution in [-0.4, -0.2) is 4.92 Å². The first-order valence-electron chi connectivity index (χ1n) is 6.43. The molecule has 0 heterocycles. The molecule has 2 aromatic rings. The first kappa shape index (κ1) is 14.2. The van der Waals surface area contributed by atoms with Gasteiger partial charge in [0.05, 0.1) is 18.1 Å². The van der Waals surface area contributed by atoms with Crippen LogP contribution >= 0.6 is 0 Å². The molecule has 0 spiro atoms. The molecule has 0 saturated heterocycles. The number of nitrogens with zero attached hydrogens (tertiary/aromatic N) is 1. The van der Waals surface area contributed by atoms with Gasteiger partial charge in [-0.05, 0) is 42.7 Å². The lowest BCUT2D eigenvalue weighted by molar-refractivity contribution is -0.384. The van der Waals surface area contributed by atoms with Crippen molar-refractivity contribution in [2.24, 2.45) is 0 Å². The van der Waals surface area contributed by atoms with E-state index in [2.05, 4.69) is 32.0 Å². The van der Waals surface area contributed by atoms with Gasteiger partial charge in [0.2, 0.25) is 0 Å². The van der Waals surface area contributed by atoms with E-state index in [9.17, 15) is 10.1 Å². The molecule has 0 N–H and O–H groups in total.